The van der Waals surface area contributed by atoms with E-state index in [1.807, 2.05) is 14.0 Å². The Bertz CT molecular complexity index is 608. The maximum atomic E-state index is 12.9. The van der Waals surface area contributed by atoms with E-state index in [2.05, 4.69) is 26.0 Å². The van der Waals surface area contributed by atoms with Crippen LogP contribution in [0.3, 0.4) is 0 Å². The van der Waals surface area contributed by atoms with E-state index in [9.17, 15) is 9.50 Å². The van der Waals surface area contributed by atoms with Crippen LogP contribution < -0.4 is 0 Å². The van der Waals surface area contributed by atoms with Gasteiger partial charge in [0.25, 0.3) is 0 Å². The van der Waals surface area contributed by atoms with E-state index in [0.29, 0.717) is 12.1 Å². The molecule has 1 unspecified atom stereocenters. The Labute approximate surface area is 125 Å². The number of aliphatic hydroxyl groups is 1. The summed E-state index contributed by atoms with van der Waals surface area (Å²) >= 11 is 3.52. The molecule has 0 fully saturated rings. The van der Waals surface area contributed by atoms with Crippen LogP contribution in [0.2, 0.25) is 0 Å². The molecule has 1 atom stereocenters. The fraction of sp³-hybridized carbons (Fsp3) is 0.429. The van der Waals surface area contributed by atoms with Crippen molar-refractivity contribution in [3.63, 3.8) is 0 Å². The predicted molar refractivity (Wildman–Crippen MR) is 77.8 cm³/mol. The summed E-state index contributed by atoms with van der Waals surface area (Å²) < 4.78 is 15.6. The van der Waals surface area contributed by atoms with Gasteiger partial charge in [-0.3, -0.25) is 9.67 Å². The molecule has 4 nitrogen and oxygen atoms in total. The summed E-state index contributed by atoms with van der Waals surface area (Å²) in [6.45, 7) is 3.69. The lowest BCUT2D eigenvalue weighted by Gasteiger charge is -2.23. The summed E-state index contributed by atoms with van der Waals surface area (Å²) in [5, 5.41) is 15.0. The van der Waals surface area contributed by atoms with Gasteiger partial charge in [0.15, 0.2) is 0 Å². The quantitative estimate of drug-likeness (QED) is 0.930. The molecule has 0 amide bonds. The van der Waals surface area contributed by atoms with E-state index in [1.165, 1.54) is 12.1 Å². The van der Waals surface area contributed by atoms with Gasteiger partial charge in [0, 0.05) is 13.5 Å². The van der Waals surface area contributed by atoms with Crippen LogP contribution in [0.4, 0.5) is 4.39 Å². The van der Waals surface area contributed by atoms with E-state index in [0.717, 1.165) is 28.5 Å². The van der Waals surface area contributed by atoms with Gasteiger partial charge in [0.05, 0.1) is 27.8 Å². The van der Waals surface area contributed by atoms with Crippen molar-refractivity contribution < 1.29 is 9.50 Å². The summed E-state index contributed by atoms with van der Waals surface area (Å²) in [5.74, 6) is -0.417. The third-order valence-electron chi connectivity index (χ3n) is 3.29. The van der Waals surface area contributed by atoms with Gasteiger partial charge in [-0.05, 0) is 41.4 Å². The fourth-order valence-electron chi connectivity index (χ4n) is 2.12. The van der Waals surface area contributed by atoms with Crippen molar-refractivity contribution in [1.82, 2.24) is 14.8 Å². The molecular weight excluding hydrogens is 325 g/mol. The van der Waals surface area contributed by atoms with Crippen molar-refractivity contribution in [2.24, 2.45) is 7.05 Å². The molecule has 20 heavy (non-hydrogen) atoms. The SMILES string of the molecule is CCc1nn(C)c(CC(C)(O)c2ccc(F)cn2)c1Br. The largest absolute Gasteiger partial charge is 0.383 e. The zero-order chi connectivity index (χ0) is 14.9. The molecule has 0 saturated heterocycles. The number of hydrogen-bond donors (Lipinski definition) is 1. The monoisotopic (exact) mass is 341 g/mol. The molecule has 0 aliphatic rings. The third kappa shape index (κ3) is 2.91. The first-order valence-corrected chi connectivity index (χ1v) is 7.19. The van der Waals surface area contributed by atoms with Crippen molar-refractivity contribution in [2.75, 3.05) is 0 Å². The Morgan fingerprint density at radius 3 is 2.65 bits per heavy atom. The van der Waals surface area contributed by atoms with E-state index >= 15 is 0 Å². The number of aryl methyl sites for hydroxylation is 2. The normalized spacial score (nSPS) is 14.3. The Kier molecular flexibility index (Phi) is 4.25. The predicted octanol–water partition coefficient (Wildman–Crippen LogP) is 2.73. The van der Waals surface area contributed by atoms with Crippen molar-refractivity contribution >= 4 is 15.9 Å². The molecule has 1 N–H and O–H groups in total. The molecule has 0 saturated carbocycles. The zero-order valence-corrected chi connectivity index (χ0v) is 13.3. The van der Waals surface area contributed by atoms with Crippen LogP contribution in [0.15, 0.2) is 22.8 Å². The van der Waals surface area contributed by atoms with Crippen LogP contribution in [0.5, 0.6) is 0 Å². The number of pyridine rings is 1. The van der Waals surface area contributed by atoms with Crippen LogP contribution in [0.25, 0.3) is 0 Å². The van der Waals surface area contributed by atoms with E-state index in [1.54, 1.807) is 11.6 Å². The lowest BCUT2D eigenvalue weighted by atomic mass is 9.95. The molecule has 0 bridgehead atoms. The maximum Gasteiger partial charge on any atom is 0.141 e. The van der Waals surface area contributed by atoms with Crippen LogP contribution in [-0.4, -0.2) is 19.9 Å². The topological polar surface area (TPSA) is 50.9 Å². The van der Waals surface area contributed by atoms with E-state index in [4.69, 9.17) is 0 Å². The second-order valence-electron chi connectivity index (χ2n) is 5.00. The van der Waals surface area contributed by atoms with Crippen molar-refractivity contribution in [1.29, 1.82) is 0 Å². The van der Waals surface area contributed by atoms with Crippen molar-refractivity contribution in [3.8, 4) is 0 Å². The minimum Gasteiger partial charge on any atom is -0.383 e. The summed E-state index contributed by atoms with van der Waals surface area (Å²) in [6.07, 6.45) is 2.26. The van der Waals surface area contributed by atoms with Crippen LogP contribution in [0, 0.1) is 5.82 Å². The molecule has 2 aromatic heterocycles. The first-order chi connectivity index (χ1) is 9.35. The molecule has 0 radical (unpaired) electrons. The molecule has 2 rings (SSSR count). The molecule has 0 aromatic carbocycles. The van der Waals surface area contributed by atoms with Crippen LogP contribution >= 0.6 is 15.9 Å². The lowest BCUT2D eigenvalue weighted by molar-refractivity contribution is 0.0507. The smallest absolute Gasteiger partial charge is 0.141 e. The summed E-state index contributed by atoms with van der Waals surface area (Å²) in [7, 11) is 1.84. The van der Waals surface area contributed by atoms with Gasteiger partial charge in [-0.2, -0.15) is 5.10 Å². The third-order valence-corrected chi connectivity index (χ3v) is 4.21. The van der Waals surface area contributed by atoms with Crippen molar-refractivity contribution in [2.45, 2.75) is 32.3 Å². The number of nitrogens with zero attached hydrogens (tertiary/aromatic N) is 3. The minimum absolute atomic E-state index is 0.343. The van der Waals surface area contributed by atoms with Gasteiger partial charge >= 0.3 is 0 Å². The number of halogens is 2. The van der Waals surface area contributed by atoms with Gasteiger partial charge in [-0.25, -0.2) is 4.39 Å². The van der Waals surface area contributed by atoms with Gasteiger partial charge in [-0.1, -0.05) is 6.92 Å². The minimum atomic E-state index is -1.19. The molecule has 108 valence electrons. The average Bonchev–Trinajstić information content (AvgIpc) is 2.66. The van der Waals surface area contributed by atoms with Crippen molar-refractivity contribution in [3.05, 3.63) is 45.7 Å². The standard InChI is InChI=1S/C14H17BrFN3O/c1-4-10-13(15)11(19(3)18-10)7-14(2,20)12-6-5-9(16)8-17-12/h5-6,8,20H,4,7H2,1-3H3. The Balaban J connectivity index is 2.32. The molecule has 6 heteroatoms. The molecule has 0 aliphatic carbocycles. The molecular formula is C14H17BrFN3O. The Hall–Kier alpha value is -1.27. The Morgan fingerprint density at radius 2 is 2.15 bits per heavy atom. The summed E-state index contributed by atoms with van der Waals surface area (Å²) in [6, 6.07) is 2.80. The van der Waals surface area contributed by atoms with Gasteiger partial charge in [0.2, 0.25) is 0 Å². The number of hydrogen-bond acceptors (Lipinski definition) is 3. The maximum absolute atomic E-state index is 12.9. The second-order valence-corrected chi connectivity index (χ2v) is 5.79. The number of rotatable bonds is 4. The number of aromatic nitrogens is 3. The molecule has 0 spiro atoms. The molecule has 0 aliphatic heterocycles. The average molecular weight is 342 g/mol. The Morgan fingerprint density at radius 1 is 1.45 bits per heavy atom. The first kappa shape index (κ1) is 15.1. The summed E-state index contributed by atoms with van der Waals surface area (Å²) in [5.41, 5.74) is 1.09. The molecule has 2 heterocycles. The van der Waals surface area contributed by atoms with Gasteiger partial charge < -0.3 is 5.11 Å². The lowest BCUT2D eigenvalue weighted by Crippen LogP contribution is -2.27. The van der Waals surface area contributed by atoms with Gasteiger partial charge in [-0.15, -0.1) is 0 Å². The molecule has 2 aromatic rings. The summed E-state index contributed by atoms with van der Waals surface area (Å²) in [4.78, 5) is 3.96. The van der Waals surface area contributed by atoms with E-state index in [-0.39, 0.29) is 0 Å². The first-order valence-electron chi connectivity index (χ1n) is 6.39. The van der Waals surface area contributed by atoms with E-state index < -0.39 is 11.4 Å². The van der Waals surface area contributed by atoms with Crippen LogP contribution in [-0.2, 0) is 25.5 Å². The zero-order valence-electron chi connectivity index (χ0n) is 11.7. The van der Waals surface area contributed by atoms with Crippen LogP contribution in [0.1, 0.15) is 30.9 Å². The highest BCUT2D eigenvalue weighted by Crippen LogP contribution is 2.29. The fourth-order valence-corrected chi connectivity index (χ4v) is 2.88. The van der Waals surface area contributed by atoms with Gasteiger partial charge in [0.1, 0.15) is 11.4 Å². The highest BCUT2D eigenvalue weighted by molar-refractivity contribution is 9.10. The second kappa shape index (κ2) is 5.61. The highest BCUT2D eigenvalue weighted by Gasteiger charge is 2.28. The highest BCUT2D eigenvalue weighted by atomic mass is 79.9.